The molecular weight excluding hydrogens is 743 g/mol. The number of esters is 1. The molecule has 0 radical (unpaired) electrons. The van der Waals surface area contributed by atoms with Crippen LogP contribution in [0.4, 0.5) is 0 Å². The van der Waals surface area contributed by atoms with Crippen LogP contribution in [0.1, 0.15) is 207 Å². The molecule has 3 N–H and O–H groups in total. The van der Waals surface area contributed by atoms with Crippen molar-refractivity contribution >= 4 is 11.9 Å². The van der Waals surface area contributed by atoms with Gasteiger partial charge in [0.25, 0.3) is 0 Å². The Hall–Kier alpha value is -3.22. The van der Waals surface area contributed by atoms with E-state index in [1.165, 1.54) is 70.6 Å². The van der Waals surface area contributed by atoms with Crippen molar-refractivity contribution in [2.24, 2.45) is 0 Å². The zero-order valence-corrected chi connectivity index (χ0v) is 38.8. The first kappa shape index (κ1) is 56.8. The lowest BCUT2D eigenvalue weighted by Crippen LogP contribution is -2.46. The second-order valence-corrected chi connectivity index (χ2v) is 16.2. The first-order valence-electron chi connectivity index (χ1n) is 24.5. The molecule has 0 bridgehead atoms. The minimum Gasteiger partial charge on any atom is -0.462 e. The SMILES string of the molecule is CC/C=C/C=C/C=C\C=C/CCCC(CC(=O)NC(CO)C(O)CCCCCCCCCCCCCCCC)OC(=O)CCCCC/C=C/C/C=C/C/C=C/C/C=C/CC. The first-order valence-corrected chi connectivity index (χ1v) is 24.5. The quantitative estimate of drug-likeness (QED) is 0.0246. The van der Waals surface area contributed by atoms with E-state index in [9.17, 15) is 19.8 Å². The summed E-state index contributed by atoms with van der Waals surface area (Å²) in [5, 5.41) is 23.7. The molecule has 0 aromatic carbocycles. The van der Waals surface area contributed by atoms with Crippen LogP contribution < -0.4 is 5.32 Å². The molecule has 0 aliphatic rings. The van der Waals surface area contributed by atoms with E-state index in [-0.39, 0.29) is 24.9 Å². The zero-order chi connectivity index (χ0) is 43.8. The normalized spacial score (nSPS) is 14.2. The topological polar surface area (TPSA) is 95.9 Å². The molecule has 0 aromatic heterocycles. The van der Waals surface area contributed by atoms with Gasteiger partial charge < -0.3 is 20.3 Å². The summed E-state index contributed by atoms with van der Waals surface area (Å²) in [6, 6.07) is -0.734. The van der Waals surface area contributed by atoms with Crippen LogP contribution in [-0.4, -0.2) is 46.9 Å². The maximum Gasteiger partial charge on any atom is 0.306 e. The molecule has 0 spiro atoms. The van der Waals surface area contributed by atoms with Crippen LogP contribution >= 0.6 is 0 Å². The third-order valence-corrected chi connectivity index (χ3v) is 10.5. The van der Waals surface area contributed by atoms with Crippen LogP contribution in [0, 0.1) is 0 Å². The van der Waals surface area contributed by atoms with Crippen LogP contribution in [0.2, 0.25) is 0 Å². The Bertz CT molecular complexity index is 1210. The van der Waals surface area contributed by atoms with Crippen molar-refractivity contribution in [1.29, 1.82) is 0 Å². The smallest absolute Gasteiger partial charge is 0.306 e. The average molecular weight is 834 g/mol. The van der Waals surface area contributed by atoms with Crippen LogP contribution in [0.25, 0.3) is 0 Å². The molecule has 0 saturated carbocycles. The lowest BCUT2D eigenvalue weighted by Gasteiger charge is -2.24. The van der Waals surface area contributed by atoms with E-state index < -0.39 is 18.2 Å². The number of aliphatic hydroxyl groups excluding tert-OH is 2. The minimum atomic E-state index is -0.815. The molecular formula is C54H91NO5. The molecule has 60 heavy (non-hydrogen) atoms. The van der Waals surface area contributed by atoms with Crippen molar-refractivity contribution in [3.63, 3.8) is 0 Å². The van der Waals surface area contributed by atoms with Crippen LogP contribution in [-0.2, 0) is 14.3 Å². The summed E-state index contributed by atoms with van der Waals surface area (Å²) in [6.07, 6.45) is 61.9. The second-order valence-electron chi connectivity index (χ2n) is 16.2. The fourth-order valence-corrected chi connectivity index (χ4v) is 6.85. The van der Waals surface area contributed by atoms with Gasteiger partial charge in [-0.3, -0.25) is 9.59 Å². The number of carbonyl (C=O) groups excluding carboxylic acids is 2. The van der Waals surface area contributed by atoms with Gasteiger partial charge in [0.1, 0.15) is 6.10 Å². The van der Waals surface area contributed by atoms with Gasteiger partial charge in [-0.15, -0.1) is 0 Å². The molecule has 0 rings (SSSR count). The van der Waals surface area contributed by atoms with E-state index in [1.54, 1.807) is 0 Å². The van der Waals surface area contributed by atoms with Crippen molar-refractivity contribution in [3.05, 3.63) is 97.2 Å². The maximum atomic E-state index is 13.2. The van der Waals surface area contributed by atoms with E-state index in [0.717, 1.165) is 89.9 Å². The molecule has 0 aliphatic heterocycles. The highest BCUT2D eigenvalue weighted by Crippen LogP contribution is 2.16. The average Bonchev–Trinajstić information content (AvgIpc) is 3.24. The second kappa shape index (κ2) is 46.8. The molecule has 6 nitrogen and oxygen atoms in total. The molecule has 342 valence electrons. The van der Waals surface area contributed by atoms with Gasteiger partial charge in [-0.2, -0.15) is 0 Å². The highest BCUT2D eigenvalue weighted by molar-refractivity contribution is 5.77. The highest BCUT2D eigenvalue weighted by Gasteiger charge is 2.24. The van der Waals surface area contributed by atoms with Crippen molar-refractivity contribution in [2.75, 3.05) is 6.61 Å². The molecule has 6 heteroatoms. The van der Waals surface area contributed by atoms with Crippen LogP contribution in [0.15, 0.2) is 97.2 Å². The largest absolute Gasteiger partial charge is 0.462 e. The van der Waals surface area contributed by atoms with E-state index in [0.29, 0.717) is 19.3 Å². The summed E-state index contributed by atoms with van der Waals surface area (Å²) in [4.78, 5) is 26.0. The summed E-state index contributed by atoms with van der Waals surface area (Å²) >= 11 is 0. The number of aliphatic hydroxyl groups is 2. The monoisotopic (exact) mass is 834 g/mol. The number of rotatable bonds is 42. The molecule has 1 amide bonds. The molecule has 0 saturated heterocycles. The number of unbranched alkanes of at least 4 members (excludes halogenated alkanes) is 17. The molecule has 3 unspecified atom stereocenters. The molecule has 0 aliphatic carbocycles. The molecule has 0 fully saturated rings. The number of hydrogen-bond donors (Lipinski definition) is 3. The maximum absolute atomic E-state index is 13.2. The van der Waals surface area contributed by atoms with Gasteiger partial charge in [-0.1, -0.05) is 214 Å². The fourth-order valence-electron chi connectivity index (χ4n) is 6.85. The summed E-state index contributed by atoms with van der Waals surface area (Å²) in [5.41, 5.74) is 0. The number of ether oxygens (including phenoxy) is 1. The molecule has 0 heterocycles. The standard InChI is InChI=1S/C54H91NO5/c1-4-7-10-13-16-19-22-24-26-27-29-32-35-38-41-44-47-54(59)60-50(45-42-39-36-33-30-21-18-15-12-9-6-3)48-53(58)55-51(49-56)52(57)46-43-40-37-34-31-28-25-23-20-17-14-11-8-5-2/h7,9-10,12,15-16,18-19,21,24,26,29-30,32-33,36,50-52,56-57H,4-6,8,11,13-14,17,20,22-23,25,27-28,31,34-35,37-49H2,1-3H3,(H,55,58)/b10-7+,12-9+,18-15+,19-16+,26-24+,30-21-,32-29+,36-33-. The van der Waals surface area contributed by atoms with E-state index in [1.807, 2.05) is 36.5 Å². The Morgan fingerprint density at radius 1 is 0.517 bits per heavy atom. The Morgan fingerprint density at radius 2 is 1.00 bits per heavy atom. The van der Waals surface area contributed by atoms with Crippen molar-refractivity contribution in [1.82, 2.24) is 5.32 Å². The summed E-state index contributed by atoms with van der Waals surface area (Å²) in [7, 11) is 0. The molecule has 0 aromatic rings. The Morgan fingerprint density at radius 3 is 1.57 bits per heavy atom. The van der Waals surface area contributed by atoms with E-state index in [2.05, 4.69) is 86.8 Å². The first-order chi connectivity index (χ1) is 29.5. The van der Waals surface area contributed by atoms with Crippen molar-refractivity contribution in [2.45, 2.75) is 225 Å². The predicted octanol–water partition coefficient (Wildman–Crippen LogP) is 14.6. The number of carbonyl (C=O) groups is 2. The number of hydrogen-bond acceptors (Lipinski definition) is 5. The third-order valence-electron chi connectivity index (χ3n) is 10.5. The van der Waals surface area contributed by atoms with Gasteiger partial charge in [0.15, 0.2) is 0 Å². The van der Waals surface area contributed by atoms with Gasteiger partial charge in [-0.25, -0.2) is 0 Å². The van der Waals surface area contributed by atoms with Crippen LogP contribution in [0.5, 0.6) is 0 Å². The minimum absolute atomic E-state index is 0.0132. The lowest BCUT2D eigenvalue weighted by molar-refractivity contribution is -0.151. The van der Waals surface area contributed by atoms with Gasteiger partial charge in [0.2, 0.25) is 5.91 Å². The Balaban J connectivity index is 4.68. The van der Waals surface area contributed by atoms with Crippen molar-refractivity contribution in [3.8, 4) is 0 Å². The Kier molecular flexibility index (Phi) is 44.3. The van der Waals surface area contributed by atoms with Crippen molar-refractivity contribution < 1.29 is 24.5 Å². The number of allylic oxidation sites excluding steroid dienone is 16. The zero-order valence-electron chi connectivity index (χ0n) is 38.8. The van der Waals surface area contributed by atoms with Crippen LogP contribution in [0.3, 0.4) is 0 Å². The van der Waals surface area contributed by atoms with E-state index >= 15 is 0 Å². The summed E-state index contributed by atoms with van der Waals surface area (Å²) in [6.45, 7) is 6.18. The molecule has 3 atom stereocenters. The summed E-state index contributed by atoms with van der Waals surface area (Å²) < 4.78 is 5.86. The van der Waals surface area contributed by atoms with E-state index in [4.69, 9.17) is 4.74 Å². The van der Waals surface area contributed by atoms with Gasteiger partial charge in [-0.05, 0) is 77.0 Å². The highest BCUT2D eigenvalue weighted by atomic mass is 16.5. The van der Waals surface area contributed by atoms with Gasteiger partial charge in [0, 0.05) is 6.42 Å². The predicted molar refractivity (Wildman–Crippen MR) is 259 cm³/mol. The number of amides is 1. The third kappa shape index (κ3) is 41.5. The van der Waals surface area contributed by atoms with Gasteiger partial charge in [0.05, 0.1) is 25.2 Å². The van der Waals surface area contributed by atoms with Gasteiger partial charge >= 0.3 is 5.97 Å². The summed E-state index contributed by atoms with van der Waals surface area (Å²) in [5.74, 6) is -0.588. The number of nitrogens with one attached hydrogen (secondary N) is 1. The Labute approximate surface area is 369 Å². The fraction of sp³-hybridized carbons (Fsp3) is 0.667. The lowest BCUT2D eigenvalue weighted by atomic mass is 10.0.